The molecule has 1 unspecified atom stereocenters. The number of rotatable bonds is 1. The van der Waals surface area contributed by atoms with Crippen molar-refractivity contribution in [3.05, 3.63) is 0 Å². The van der Waals surface area contributed by atoms with Crippen LogP contribution in [0.4, 0.5) is 4.79 Å². The van der Waals surface area contributed by atoms with E-state index in [9.17, 15) is 4.79 Å². The van der Waals surface area contributed by atoms with Crippen LogP contribution in [0.1, 0.15) is 27.2 Å². The summed E-state index contributed by atoms with van der Waals surface area (Å²) in [5, 5.41) is 7.30. The van der Waals surface area contributed by atoms with Crippen molar-refractivity contribution in [2.45, 2.75) is 32.8 Å². The molecular formula is C10H19N3O2. The molecule has 1 atom stereocenters. The van der Waals surface area contributed by atoms with Crippen molar-refractivity contribution in [3.8, 4) is 0 Å². The molecule has 0 aliphatic carbocycles. The van der Waals surface area contributed by atoms with Gasteiger partial charge in [0.1, 0.15) is 5.60 Å². The molecule has 1 aliphatic rings. The van der Waals surface area contributed by atoms with Gasteiger partial charge < -0.3 is 15.4 Å². The molecule has 15 heavy (non-hydrogen) atoms. The number of carbonyl (C=O) groups is 1. The number of amidine groups is 1. The third kappa shape index (κ3) is 3.42. The Balaban J connectivity index is 2.47. The Morgan fingerprint density at radius 3 is 2.53 bits per heavy atom. The van der Waals surface area contributed by atoms with Gasteiger partial charge in [0.15, 0.2) is 0 Å². The predicted octanol–water partition coefficient (Wildman–Crippen LogP) is 1.18. The third-order valence-electron chi connectivity index (χ3n) is 2.28. The van der Waals surface area contributed by atoms with E-state index in [-0.39, 0.29) is 17.8 Å². The fourth-order valence-electron chi connectivity index (χ4n) is 1.51. The smallest absolute Gasteiger partial charge is 0.410 e. The minimum absolute atomic E-state index is 0.00230. The lowest BCUT2D eigenvalue weighted by Crippen LogP contribution is -2.36. The lowest BCUT2D eigenvalue weighted by Gasteiger charge is -2.24. The Morgan fingerprint density at radius 1 is 1.53 bits per heavy atom. The molecule has 1 heterocycles. The van der Waals surface area contributed by atoms with Crippen LogP contribution in [0.5, 0.6) is 0 Å². The summed E-state index contributed by atoms with van der Waals surface area (Å²) >= 11 is 0. The van der Waals surface area contributed by atoms with E-state index in [1.807, 2.05) is 20.8 Å². The van der Waals surface area contributed by atoms with Crippen molar-refractivity contribution in [2.24, 2.45) is 11.7 Å². The minimum atomic E-state index is -0.467. The van der Waals surface area contributed by atoms with Gasteiger partial charge in [0.25, 0.3) is 0 Å². The van der Waals surface area contributed by atoms with Gasteiger partial charge in [-0.1, -0.05) is 0 Å². The Kier molecular flexibility index (Phi) is 3.21. The van der Waals surface area contributed by atoms with Crippen LogP contribution >= 0.6 is 0 Å². The van der Waals surface area contributed by atoms with Crippen LogP contribution in [-0.2, 0) is 4.74 Å². The zero-order chi connectivity index (χ0) is 11.6. The maximum absolute atomic E-state index is 11.6. The Bertz CT molecular complexity index is 270. The molecule has 0 bridgehead atoms. The van der Waals surface area contributed by atoms with Crippen molar-refractivity contribution in [2.75, 3.05) is 13.1 Å². The van der Waals surface area contributed by atoms with Crippen LogP contribution in [0.2, 0.25) is 0 Å². The van der Waals surface area contributed by atoms with Gasteiger partial charge >= 0.3 is 6.09 Å². The van der Waals surface area contributed by atoms with E-state index in [4.69, 9.17) is 15.9 Å². The van der Waals surface area contributed by atoms with Crippen molar-refractivity contribution in [3.63, 3.8) is 0 Å². The minimum Gasteiger partial charge on any atom is -0.444 e. The second kappa shape index (κ2) is 4.08. The number of carbonyl (C=O) groups excluding carboxylic acids is 1. The number of nitrogens with one attached hydrogen (secondary N) is 1. The van der Waals surface area contributed by atoms with Gasteiger partial charge in [0, 0.05) is 19.0 Å². The molecule has 1 fully saturated rings. The molecule has 0 aromatic heterocycles. The highest BCUT2D eigenvalue weighted by molar-refractivity contribution is 5.81. The maximum atomic E-state index is 11.6. The van der Waals surface area contributed by atoms with Crippen LogP contribution < -0.4 is 5.73 Å². The molecule has 5 heteroatoms. The second-order valence-corrected chi connectivity index (χ2v) is 4.87. The van der Waals surface area contributed by atoms with Crippen LogP contribution in [0, 0.1) is 11.3 Å². The molecule has 1 saturated heterocycles. The number of hydrogen-bond acceptors (Lipinski definition) is 3. The number of hydrogen-bond donors (Lipinski definition) is 2. The van der Waals surface area contributed by atoms with E-state index >= 15 is 0 Å². The first kappa shape index (κ1) is 11.8. The van der Waals surface area contributed by atoms with Crippen molar-refractivity contribution < 1.29 is 9.53 Å². The topological polar surface area (TPSA) is 79.4 Å². The van der Waals surface area contributed by atoms with E-state index in [2.05, 4.69) is 0 Å². The van der Waals surface area contributed by atoms with Gasteiger partial charge in [-0.2, -0.15) is 0 Å². The highest BCUT2D eigenvalue weighted by atomic mass is 16.6. The average molecular weight is 213 g/mol. The summed E-state index contributed by atoms with van der Waals surface area (Å²) in [6, 6.07) is 0. The standard InChI is InChI=1S/C10H19N3O2/c1-10(2,3)15-9(14)13-5-4-7(6-13)8(11)12/h7H,4-6H2,1-3H3,(H3,11,12). The quantitative estimate of drug-likeness (QED) is 0.507. The van der Waals surface area contributed by atoms with E-state index in [0.29, 0.717) is 13.1 Å². The van der Waals surface area contributed by atoms with E-state index < -0.39 is 5.60 Å². The summed E-state index contributed by atoms with van der Waals surface area (Å²) in [5.41, 5.74) is 4.92. The molecular weight excluding hydrogens is 194 g/mol. The molecule has 86 valence electrons. The highest BCUT2D eigenvalue weighted by Crippen LogP contribution is 2.18. The Labute approximate surface area is 90.1 Å². The normalized spacial score (nSPS) is 21.5. The molecule has 0 saturated carbocycles. The van der Waals surface area contributed by atoms with E-state index in [1.54, 1.807) is 4.90 Å². The molecule has 3 N–H and O–H groups in total. The number of likely N-dealkylation sites (tertiary alicyclic amines) is 1. The largest absolute Gasteiger partial charge is 0.444 e. The summed E-state index contributed by atoms with van der Waals surface area (Å²) in [7, 11) is 0. The first-order valence-electron chi connectivity index (χ1n) is 5.11. The summed E-state index contributed by atoms with van der Waals surface area (Å²) in [5.74, 6) is 0.151. The first-order valence-corrected chi connectivity index (χ1v) is 5.11. The molecule has 1 aliphatic heterocycles. The van der Waals surface area contributed by atoms with Gasteiger partial charge in [-0.15, -0.1) is 0 Å². The first-order chi connectivity index (χ1) is 6.79. The number of ether oxygens (including phenoxy) is 1. The van der Waals surface area contributed by atoms with E-state index in [1.165, 1.54) is 0 Å². The zero-order valence-electron chi connectivity index (χ0n) is 9.54. The Morgan fingerprint density at radius 2 is 2.13 bits per heavy atom. The summed E-state index contributed by atoms with van der Waals surface area (Å²) < 4.78 is 5.23. The molecule has 5 nitrogen and oxygen atoms in total. The number of nitrogens with two attached hydrogens (primary N) is 1. The van der Waals surface area contributed by atoms with Crippen molar-refractivity contribution in [1.82, 2.24) is 4.90 Å². The number of amides is 1. The molecule has 0 aromatic rings. The van der Waals surface area contributed by atoms with Gasteiger partial charge in [-0.25, -0.2) is 4.79 Å². The Hall–Kier alpha value is -1.26. The lowest BCUT2D eigenvalue weighted by molar-refractivity contribution is 0.0292. The van der Waals surface area contributed by atoms with Gasteiger partial charge in [-0.05, 0) is 27.2 Å². The second-order valence-electron chi connectivity index (χ2n) is 4.87. The van der Waals surface area contributed by atoms with Gasteiger partial charge in [0.05, 0.1) is 5.84 Å². The van der Waals surface area contributed by atoms with Crippen LogP contribution in [0.3, 0.4) is 0 Å². The summed E-state index contributed by atoms with van der Waals surface area (Å²) in [6.45, 7) is 6.64. The molecule has 1 rings (SSSR count). The third-order valence-corrected chi connectivity index (χ3v) is 2.28. The predicted molar refractivity (Wildman–Crippen MR) is 57.8 cm³/mol. The van der Waals surface area contributed by atoms with Crippen LogP contribution in [-0.4, -0.2) is 35.5 Å². The van der Waals surface area contributed by atoms with Crippen molar-refractivity contribution in [1.29, 1.82) is 5.41 Å². The summed E-state index contributed by atoms with van der Waals surface area (Å²) in [6.07, 6.45) is 0.445. The average Bonchev–Trinajstić information content (AvgIpc) is 2.47. The fourth-order valence-corrected chi connectivity index (χ4v) is 1.51. The molecule has 0 spiro atoms. The highest BCUT2D eigenvalue weighted by Gasteiger charge is 2.30. The van der Waals surface area contributed by atoms with Crippen LogP contribution in [0.15, 0.2) is 0 Å². The molecule has 0 radical (unpaired) electrons. The maximum Gasteiger partial charge on any atom is 0.410 e. The summed E-state index contributed by atoms with van der Waals surface area (Å²) in [4.78, 5) is 13.2. The molecule has 0 aromatic carbocycles. The monoisotopic (exact) mass is 213 g/mol. The van der Waals surface area contributed by atoms with Gasteiger partial charge in [0.2, 0.25) is 0 Å². The zero-order valence-corrected chi connectivity index (χ0v) is 9.54. The van der Waals surface area contributed by atoms with Crippen LogP contribution in [0.25, 0.3) is 0 Å². The number of nitrogens with zero attached hydrogens (tertiary/aromatic N) is 1. The SMILES string of the molecule is CC(C)(C)OC(=O)N1CCC(C(=N)N)C1. The van der Waals surface area contributed by atoms with Crippen molar-refractivity contribution >= 4 is 11.9 Å². The van der Waals surface area contributed by atoms with Gasteiger partial charge in [-0.3, -0.25) is 5.41 Å². The van der Waals surface area contributed by atoms with E-state index in [0.717, 1.165) is 6.42 Å². The fraction of sp³-hybridized carbons (Fsp3) is 0.800. The lowest BCUT2D eigenvalue weighted by atomic mass is 10.1. The molecule has 1 amide bonds.